The Morgan fingerprint density at radius 3 is 2.86 bits per heavy atom. The number of primary sulfonamides is 1. The lowest BCUT2D eigenvalue weighted by molar-refractivity contribution is -0.144. The van der Waals surface area contributed by atoms with Crippen LogP contribution in [0.3, 0.4) is 0 Å². The number of carbonyl (C=O) groups excluding carboxylic acids is 1. The van der Waals surface area contributed by atoms with Crippen LogP contribution in [-0.2, 0) is 19.6 Å². The first-order valence-corrected chi connectivity index (χ1v) is 8.25. The van der Waals surface area contributed by atoms with E-state index in [-0.39, 0.29) is 17.5 Å². The molecule has 3 N–H and O–H groups in total. The number of anilines is 1. The van der Waals surface area contributed by atoms with Gasteiger partial charge in [0.2, 0.25) is 10.0 Å². The number of rotatable bonds is 4. The molecule has 0 aliphatic carbocycles. The molecule has 1 aliphatic heterocycles. The predicted molar refractivity (Wildman–Crippen MR) is 78.5 cm³/mol. The van der Waals surface area contributed by atoms with Crippen molar-refractivity contribution in [1.29, 1.82) is 0 Å². The molecule has 0 bridgehead atoms. The van der Waals surface area contributed by atoms with Crippen molar-refractivity contribution in [3.63, 3.8) is 0 Å². The Balaban J connectivity index is 2.41. The average Bonchev–Trinajstić information content (AvgIpc) is 2.46. The minimum Gasteiger partial charge on any atom is -0.464 e. The fourth-order valence-corrected chi connectivity index (χ4v) is 3.12. The number of nitrogens with two attached hydrogens (primary N) is 1. The van der Waals surface area contributed by atoms with Gasteiger partial charge in [-0.3, -0.25) is 0 Å². The van der Waals surface area contributed by atoms with Gasteiger partial charge in [0.1, 0.15) is 10.9 Å². The first-order chi connectivity index (χ1) is 9.95. The molecule has 1 unspecified atom stereocenters. The van der Waals surface area contributed by atoms with Gasteiger partial charge in [-0.25, -0.2) is 18.4 Å². The molecular formula is C13H19N3O4S. The van der Waals surface area contributed by atoms with Crippen LogP contribution in [-0.4, -0.2) is 46.7 Å². The molecule has 0 amide bonds. The van der Waals surface area contributed by atoms with Crippen molar-refractivity contribution >= 4 is 21.7 Å². The summed E-state index contributed by atoms with van der Waals surface area (Å²) in [5.41, 5.74) is 0.430. The molecule has 0 aromatic heterocycles. The van der Waals surface area contributed by atoms with Crippen molar-refractivity contribution in [3.8, 4) is 0 Å². The average molecular weight is 313 g/mol. The molecule has 2 rings (SSSR count). The van der Waals surface area contributed by atoms with Crippen LogP contribution in [0.15, 0.2) is 29.2 Å². The van der Waals surface area contributed by atoms with Gasteiger partial charge < -0.3 is 15.0 Å². The number of hydrogen-bond acceptors (Lipinski definition) is 6. The van der Waals surface area contributed by atoms with Crippen LogP contribution in [0, 0.1) is 0 Å². The summed E-state index contributed by atoms with van der Waals surface area (Å²) in [5, 5.41) is 8.37. The fourth-order valence-electron chi connectivity index (χ4n) is 2.38. The molecule has 8 heteroatoms. The van der Waals surface area contributed by atoms with Gasteiger partial charge in [0.15, 0.2) is 0 Å². The summed E-state index contributed by atoms with van der Waals surface area (Å²) in [6, 6.07) is 5.84. The van der Waals surface area contributed by atoms with E-state index >= 15 is 0 Å². The molecule has 1 aromatic carbocycles. The van der Waals surface area contributed by atoms with Crippen LogP contribution in [0.4, 0.5) is 5.69 Å². The van der Waals surface area contributed by atoms with Crippen LogP contribution in [0.1, 0.15) is 6.92 Å². The van der Waals surface area contributed by atoms with E-state index in [1.54, 1.807) is 30.0 Å². The zero-order valence-electron chi connectivity index (χ0n) is 11.8. The number of nitrogens with zero attached hydrogens (tertiary/aromatic N) is 1. The molecule has 7 nitrogen and oxygen atoms in total. The Kier molecular flexibility index (Phi) is 4.81. The summed E-state index contributed by atoms with van der Waals surface area (Å²) >= 11 is 0. The summed E-state index contributed by atoms with van der Waals surface area (Å²) in [7, 11) is -3.86. The van der Waals surface area contributed by atoms with Crippen LogP contribution >= 0.6 is 0 Å². The van der Waals surface area contributed by atoms with E-state index in [4.69, 9.17) is 9.88 Å². The number of nitrogens with one attached hydrogen (secondary N) is 1. The highest BCUT2D eigenvalue weighted by Crippen LogP contribution is 2.26. The van der Waals surface area contributed by atoms with Crippen LogP contribution in [0.5, 0.6) is 0 Å². The second-order valence-corrected chi connectivity index (χ2v) is 6.21. The lowest BCUT2D eigenvalue weighted by Gasteiger charge is -2.37. The molecule has 1 atom stereocenters. The van der Waals surface area contributed by atoms with Gasteiger partial charge in [-0.1, -0.05) is 12.1 Å². The molecule has 116 valence electrons. The molecule has 1 aromatic rings. The molecule has 21 heavy (non-hydrogen) atoms. The molecule has 0 saturated carbocycles. The van der Waals surface area contributed by atoms with E-state index in [1.165, 1.54) is 6.07 Å². The number of para-hydroxylation sites is 1. The predicted octanol–water partition coefficient (Wildman–Crippen LogP) is -0.325. The minimum atomic E-state index is -3.86. The molecule has 0 radical (unpaired) electrons. The highest BCUT2D eigenvalue weighted by atomic mass is 32.2. The maximum Gasteiger partial charge on any atom is 0.330 e. The Morgan fingerprint density at radius 2 is 2.19 bits per heavy atom. The standard InChI is InChI=1S/C13H19N3O4S/c1-2-20-13(17)11-9-15-7-8-16(11)10-5-3-4-6-12(10)21(14,18)19/h3-6,11,15H,2,7-9H2,1H3,(H2,14,18,19). The third-order valence-corrected chi connectivity index (χ3v) is 4.24. The molecule has 1 fully saturated rings. The van der Waals surface area contributed by atoms with Crippen molar-refractivity contribution in [2.45, 2.75) is 17.9 Å². The summed E-state index contributed by atoms with van der Waals surface area (Å²) in [6.45, 7) is 3.56. The lowest BCUT2D eigenvalue weighted by Crippen LogP contribution is -2.56. The minimum absolute atomic E-state index is 0.0150. The van der Waals surface area contributed by atoms with Crippen molar-refractivity contribution in [1.82, 2.24) is 5.32 Å². The number of ether oxygens (including phenoxy) is 1. The van der Waals surface area contributed by atoms with E-state index in [2.05, 4.69) is 5.32 Å². The maximum absolute atomic E-state index is 12.1. The van der Waals surface area contributed by atoms with Crippen molar-refractivity contribution in [3.05, 3.63) is 24.3 Å². The third-order valence-electron chi connectivity index (χ3n) is 3.28. The zero-order valence-corrected chi connectivity index (χ0v) is 12.6. The zero-order chi connectivity index (χ0) is 15.5. The van der Waals surface area contributed by atoms with E-state index in [9.17, 15) is 13.2 Å². The quantitative estimate of drug-likeness (QED) is 0.738. The Labute approximate surface area is 124 Å². The topological polar surface area (TPSA) is 102 Å². The number of esters is 1. The van der Waals surface area contributed by atoms with E-state index in [1.807, 2.05) is 0 Å². The maximum atomic E-state index is 12.1. The van der Waals surface area contributed by atoms with E-state index in [0.717, 1.165) is 0 Å². The smallest absolute Gasteiger partial charge is 0.330 e. The van der Waals surface area contributed by atoms with Crippen LogP contribution < -0.4 is 15.4 Å². The monoisotopic (exact) mass is 313 g/mol. The molecule has 0 spiro atoms. The van der Waals surface area contributed by atoms with Gasteiger partial charge in [-0.05, 0) is 19.1 Å². The number of benzene rings is 1. The summed E-state index contributed by atoms with van der Waals surface area (Å²) in [4.78, 5) is 13.8. The largest absolute Gasteiger partial charge is 0.464 e. The van der Waals surface area contributed by atoms with Crippen molar-refractivity contribution in [2.24, 2.45) is 5.14 Å². The van der Waals surface area contributed by atoms with Crippen LogP contribution in [0.2, 0.25) is 0 Å². The third kappa shape index (κ3) is 3.52. The van der Waals surface area contributed by atoms with Gasteiger partial charge in [-0.2, -0.15) is 0 Å². The van der Waals surface area contributed by atoms with Crippen LogP contribution in [0.25, 0.3) is 0 Å². The van der Waals surface area contributed by atoms with Gasteiger partial charge in [-0.15, -0.1) is 0 Å². The van der Waals surface area contributed by atoms with E-state index in [0.29, 0.717) is 25.3 Å². The first kappa shape index (κ1) is 15.7. The van der Waals surface area contributed by atoms with Gasteiger partial charge in [0.25, 0.3) is 0 Å². The molecule has 1 saturated heterocycles. The Bertz CT molecular complexity index is 618. The number of hydrogen-bond donors (Lipinski definition) is 2. The summed E-state index contributed by atoms with van der Waals surface area (Å²) in [6.07, 6.45) is 0. The molecule has 1 heterocycles. The second kappa shape index (κ2) is 6.42. The second-order valence-electron chi connectivity index (χ2n) is 4.68. The SMILES string of the molecule is CCOC(=O)C1CNCCN1c1ccccc1S(N)(=O)=O. The molecule has 1 aliphatic rings. The van der Waals surface area contributed by atoms with Gasteiger partial charge in [0.05, 0.1) is 12.3 Å². The summed E-state index contributed by atoms with van der Waals surface area (Å²) < 4.78 is 28.5. The highest BCUT2D eigenvalue weighted by molar-refractivity contribution is 7.89. The first-order valence-electron chi connectivity index (χ1n) is 6.71. The Morgan fingerprint density at radius 1 is 1.48 bits per heavy atom. The van der Waals surface area contributed by atoms with Gasteiger partial charge in [0, 0.05) is 19.6 Å². The number of piperazine rings is 1. The number of sulfonamides is 1. The normalized spacial score (nSPS) is 19.3. The van der Waals surface area contributed by atoms with Crippen molar-refractivity contribution in [2.75, 3.05) is 31.1 Å². The summed E-state index contributed by atoms with van der Waals surface area (Å²) in [5.74, 6) is -0.381. The van der Waals surface area contributed by atoms with Crippen molar-refractivity contribution < 1.29 is 17.9 Å². The van der Waals surface area contributed by atoms with Gasteiger partial charge >= 0.3 is 5.97 Å². The highest BCUT2D eigenvalue weighted by Gasteiger charge is 2.32. The van der Waals surface area contributed by atoms with E-state index < -0.39 is 16.1 Å². The lowest BCUT2D eigenvalue weighted by atomic mass is 10.1. The number of carbonyl (C=O) groups is 1. The fraction of sp³-hybridized carbons (Fsp3) is 0.462. The molecular weight excluding hydrogens is 294 g/mol. The Hall–Kier alpha value is -1.64.